The smallest absolute Gasteiger partial charge is 0.341 e. The molecule has 0 aliphatic carbocycles. The number of ketones is 1. The molecule has 1 aromatic rings. The van der Waals surface area contributed by atoms with Crippen molar-refractivity contribution in [1.82, 2.24) is 5.32 Å². The molecule has 0 saturated heterocycles. The van der Waals surface area contributed by atoms with Crippen molar-refractivity contribution < 1.29 is 19.4 Å². The molecule has 0 saturated carbocycles. The number of carbonyl (C=O) groups is 2. The third-order valence-corrected chi connectivity index (χ3v) is 2.59. The summed E-state index contributed by atoms with van der Waals surface area (Å²) in [6.07, 6.45) is 0. The number of hydrogen-bond donors (Lipinski definition) is 2. The van der Waals surface area contributed by atoms with Crippen LogP contribution in [0.4, 0.5) is 0 Å². The first kappa shape index (κ1) is 16.2. The number of phenols is 1. The van der Waals surface area contributed by atoms with Crippen LogP contribution in [0.25, 0.3) is 0 Å². The fourth-order valence-corrected chi connectivity index (χ4v) is 1.53. The molecular weight excluding hydrogens is 258 g/mol. The normalized spacial score (nSPS) is 11.2. The number of carbonyl (C=O) groups excluding carboxylic acids is 2. The van der Waals surface area contributed by atoms with Crippen LogP contribution in [0.2, 0.25) is 0 Å². The average Bonchev–Trinajstić information content (AvgIpc) is 2.36. The molecule has 0 bridgehead atoms. The van der Waals surface area contributed by atoms with E-state index >= 15 is 0 Å². The van der Waals surface area contributed by atoms with Gasteiger partial charge in [-0.3, -0.25) is 4.79 Å². The van der Waals surface area contributed by atoms with E-state index in [-0.39, 0.29) is 35.8 Å². The Morgan fingerprint density at radius 2 is 1.95 bits per heavy atom. The highest BCUT2D eigenvalue weighted by Crippen LogP contribution is 2.20. The van der Waals surface area contributed by atoms with Gasteiger partial charge in [-0.1, -0.05) is 0 Å². The predicted molar refractivity (Wildman–Crippen MR) is 76.1 cm³/mol. The zero-order chi connectivity index (χ0) is 15.3. The number of Topliss-reactive ketones (excluding diaryl/α,β-unsaturated/α-hetero) is 1. The fraction of sp³-hybridized carbons (Fsp3) is 0.467. The summed E-state index contributed by atoms with van der Waals surface area (Å²) in [6, 6.07) is 4.18. The highest BCUT2D eigenvalue weighted by molar-refractivity contribution is 6.01. The van der Waals surface area contributed by atoms with Gasteiger partial charge in [0, 0.05) is 11.1 Å². The summed E-state index contributed by atoms with van der Waals surface area (Å²) >= 11 is 0. The molecule has 0 amide bonds. The van der Waals surface area contributed by atoms with Crippen LogP contribution >= 0.6 is 0 Å². The van der Waals surface area contributed by atoms with Gasteiger partial charge in [0.1, 0.15) is 11.3 Å². The zero-order valence-electron chi connectivity index (χ0n) is 12.3. The number of ether oxygens (including phenoxy) is 1. The van der Waals surface area contributed by atoms with E-state index in [1.807, 2.05) is 20.8 Å². The van der Waals surface area contributed by atoms with Crippen molar-refractivity contribution in [3.63, 3.8) is 0 Å². The minimum atomic E-state index is -0.636. The van der Waals surface area contributed by atoms with Gasteiger partial charge in [0.05, 0.1) is 13.2 Å². The molecule has 0 aromatic heterocycles. The van der Waals surface area contributed by atoms with Gasteiger partial charge in [0.2, 0.25) is 0 Å². The van der Waals surface area contributed by atoms with Gasteiger partial charge in [0.25, 0.3) is 0 Å². The summed E-state index contributed by atoms with van der Waals surface area (Å²) in [6.45, 7) is 7.93. The number of phenolic OH excluding ortho intramolecular Hbond substituents is 1. The second kappa shape index (κ2) is 6.52. The second-order valence-corrected chi connectivity index (χ2v) is 5.48. The van der Waals surface area contributed by atoms with E-state index in [1.165, 1.54) is 18.2 Å². The van der Waals surface area contributed by atoms with Crippen molar-refractivity contribution in [2.45, 2.75) is 33.2 Å². The molecule has 0 radical (unpaired) electrons. The Balaban J connectivity index is 2.89. The summed E-state index contributed by atoms with van der Waals surface area (Å²) in [4.78, 5) is 23.7. The average molecular weight is 279 g/mol. The molecule has 2 N–H and O–H groups in total. The molecule has 0 aliphatic heterocycles. The lowest BCUT2D eigenvalue weighted by atomic mass is 10.0. The molecule has 0 unspecified atom stereocenters. The van der Waals surface area contributed by atoms with E-state index in [0.29, 0.717) is 5.56 Å². The molecule has 5 nitrogen and oxygen atoms in total. The van der Waals surface area contributed by atoms with Gasteiger partial charge < -0.3 is 15.2 Å². The van der Waals surface area contributed by atoms with Crippen molar-refractivity contribution in [3.05, 3.63) is 29.3 Å². The third-order valence-electron chi connectivity index (χ3n) is 2.59. The Morgan fingerprint density at radius 3 is 2.50 bits per heavy atom. The lowest BCUT2D eigenvalue weighted by molar-refractivity contribution is 0.0523. The van der Waals surface area contributed by atoms with Crippen molar-refractivity contribution in [2.75, 3.05) is 13.2 Å². The van der Waals surface area contributed by atoms with E-state index < -0.39 is 5.97 Å². The highest BCUT2D eigenvalue weighted by Gasteiger charge is 2.17. The van der Waals surface area contributed by atoms with E-state index in [9.17, 15) is 14.7 Å². The van der Waals surface area contributed by atoms with Crippen molar-refractivity contribution >= 4 is 11.8 Å². The SMILES string of the molecule is CCOC(=O)c1cc(C(=O)CNC(C)(C)C)ccc1O. The van der Waals surface area contributed by atoms with Crippen LogP contribution in [0.15, 0.2) is 18.2 Å². The van der Waals surface area contributed by atoms with Crippen LogP contribution in [-0.4, -0.2) is 35.5 Å². The van der Waals surface area contributed by atoms with Crippen LogP contribution in [0.5, 0.6) is 5.75 Å². The van der Waals surface area contributed by atoms with Crippen molar-refractivity contribution in [1.29, 1.82) is 0 Å². The summed E-state index contributed by atoms with van der Waals surface area (Å²) in [7, 11) is 0. The standard InChI is InChI=1S/C15H21NO4/c1-5-20-14(19)11-8-10(6-7-12(11)17)13(18)9-16-15(2,3)4/h6-8,16-17H,5,9H2,1-4H3. The number of esters is 1. The topological polar surface area (TPSA) is 75.6 Å². The number of hydrogen-bond acceptors (Lipinski definition) is 5. The predicted octanol–water partition coefficient (Wildman–Crippen LogP) is 2.14. The van der Waals surface area contributed by atoms with Crippen LogP contribution in [0.3, 0.4) is 0 Å². The zero-order valence-corrected chi connectivity index (χ0v) is 12.3. The van der Waals surface area contributed by atoms with E-state index in [0.717, 1.165) is 0 Å². The van der Waals surface area contributed by atoms with Crippen LogP contribution in [0, 0.1) is 0 Å². The van der Waals surface area contributed by atoms with E-state index in [2.05, 4.69) is 5.32 Å². The largest absolute Gasteiger partial charge is 0.507 e. The number of aromatic hydroxyl groups is 1. The number of nitrogens with one attached hydrogen (secondary N) is 1. The molecule has 1 aromatic carbocycles. The Hall–Kier alpha value is -1.88. The van der Waals surface area contributed by atoms with Gasteiger partial charge >= 0.3 is 5.97 Å². The van der Waals surface area contributed by atoms with Gasteiger partial charge in [-0.25, -0.2) is 4.79 Å². The molecule has 5 heteroatoms. The van der Waals surface area contributed by atoms with Crippen LogP contribution in [0.1, 0.15) is 48.4 Å². The Kier molecular flexibility index (Phi) is 5.27. The molecular formula is C15H21NO4. The van der Waals surface area contributed by atoms with Crippen molar-refractivity contribution in [2.24, 2.45) is 0 Å². The fourth-order valence-electron chi connectivity index (χ4n) is 1.53. The molecule has 110 valence electrons. The Morgan fingerprint density at radius 1 is 1.30 bits per heavy atom. The second-order valence-electron chi connectivity index (χ2n) is 5.48. The molecule has 0 heterocycles. The van der Waals surface area contributed by atoms with Gasteiger partial charge in [0.15, 0.2) is 5.78 Å². The first-order valence-corrected chi connectivity index (χ1v) is 6.53. The van der Waals surface area contributed by atoms with Crippen molar-refractivity contribution in [3.8, 4) is 5.75 Å². The Labute approximate surface area is 118 Å². The molecule has 0 atom stereocenters. The van der Waals surface area contributed by atoms with Gasteiger partial charge in [-0.2, -0.15) is 0 Å². The van der Waals surface area contributed by atoms with Gasteiger partial charge in [-0.05, 0) is 45.9 Å². The molecule has 1 rings (SSSR count). The summed E-state index contributed by atoms with van der Waals surface area (Å²) in [5, 5.41) is 12.7. The van der Waals surface area contributed by atoms with E-state index in [4.69, 9.17) is 4.74 Å². The first-order valence-electron chi connectivity index (χ1n) is 6.53. The van der Waals surface area contributed by atoms with Crippen LogP contribution < -0.4 is 5.32 Å². The van der Waals surface area contributed by atoms with Crippen LogP contribution in [-0.2, 0) is 4.74 Å². The Bertz CT molecular complexity index is 503. The number of rotatable bonds is 5. The first-order chi connectivity index (χ1) is 9.24. The molecule has 0 spiro atoms. The minimum Gasteiger partial charge on any atom is -0.507 e. The summed E-state index contributed by atoms with van der Waals surface area (Å²) in [5.74, 6) is -0.974. The third kappa shape index (κ3) is 4.66. The maximum absolute atomic E-state index is 12.0. The van der Waals surface area contributed by atoms with E-state index in [1.54, 1.807) is 6.92 Å². The maximum Gasteiger partial charge on any atom is 0.341 e. The lowest BCUT2D eigenvalue weighted by Gasteiger charge is -2.19. The minimum absolute atomic E-state index is 0.00783. The number of benzene rings is 1. The molecule has 0 fully saturated rings. The molecule has 0 aliphatic rings. The summed E-state index contributed by atoms with van der Waals surface area (Å²) < 4.78 is 4.83. The highest BCUT2D eigenvalue weighted by atomic mass is 16.5. The summed E-state index contributed by atoms with van der Waals surface area (Å²) in [5.41, 5.74) is 0.201. The quantitative estimate of drug-likeness (QED) is 0.638. The molecule has 20 heavy (non-hydrogen) atoms. The monoisotopic (exact) mass is 279 g/mol. The lowest BCUT2D eigenvalue weighted by Crippen LogP contribution is -2.39. The van der Waals surface area contributed by atoms with Gasteiger partial charge in [-0.15, -0.1) is 0 Å². The maximum atomic E-state index is 12.0.